The van der Waals surface area contributed by atoms with E-state index in [-0.39, 0.29) is 5.84 Å². The minimum absolute atomic E-state index is 0.184. The van der Waals surface area contributed by atoms with Crippen molar-refractivity contribution in [3.05, 3.63) is 23.8 Å². The molecule has 0 amide bonds. The zero-order chi connectivity index (χ0) is 12.0. The van der Waals surface area contributed by atoms with Crippen LogP contribution in [0.4, 0.5) is 0 Å². The van der Waals surface area contributed by atoms with Crippen LogP contribution in [-0.4, -0.2) is 23.1 Å². The summed E-state index contributed by atoms with van der Waals surface area (Å²) < 4.78 is 0. The highest BCUT2D eigenvalue weighted by atomic mass is 32.2. The minimum Gasteiger partial charge on any atom is -0.409 e. The highest BCUT2D eigenvalue weighted by Gasteiger charge is 2.12. The largest absolute Gasteiger partial charge is 0.409 e. The molecule has 0 bridgehead atoms. The van der Waals surface area contributed by atoms with Gasteiger partial charge in [-0.3, -0.25) is 0 Å². The maximum absolute atomic E-state index is 8.80. The van der Waals surface area contributed by atoms with E-state index in [2.05, 4.69) is 12.1 Å². The van der Waals surface area contributed by atoms with E-state index in [4.69, 9.17) is 10.9 Å². The molecule has 3 N–H and O–H groups in total. The van der Waals surface area contributed by atoms with Crippen LogP contribution >= 0.6 is 23.5 Å². The number of amidine groups is 1. The lowest BCUT2D eigenvalue weighted by atomic mass is 10.2. The van der Waals surface area contributed by atoms with E-state index in [9.17, 15) is 0 Å². The maximum atomic E-state index is 8.80. The molecule has 1 aromatic carbocycles. The Balaban J connectivity index is 3.15. The van der Waals surface area contributed by atoms with Gasteiger partial charge in [0.15, 0.2) is 5.84 Å². The van der Waals surface area contributed by atoms with Crippen molar-refractivity contribution in [1.29, 1.82) is 0 Å². The Kier molecular flexibility index (Phi) is 5.55. The molecule has 0 aliphatic heterocycles. The molecule has 5 heteroatoms. The molecular weight excluding hydrogens is 240 g/mol. The van der Waals surface area contributed by atoms with Gasteiger partial charge in [-0.05, 0) is 30.6 Å². The van der Waals surface area contributed by atoms with E-state index < -0.39 is 0 Å². The minimum atomic E-state index is 0.184. The van der Waals surface area contributed by atoms with Crippen molar-refractivity contribution in [3.63, 3.8) is 0 Å². The number of rotatable bonds is 5. The lowest BCUT2D eigenvalue weighted by Gasteiger charge is -2.11. The molecule has 16 heavy (non-hydrogen) atoms. The molecule has 0 spiro atoms. The molecule has 0 aromatic heterocycles. The molecule has 0 fully saturated rings. The first-order chi connectivity index (χ1) is 7.74. The average Bonchev–Trinajstić information content (AvgIpc) is 2.34. The Bertz CT molecular complexity index is 380. The fourth-order valence-electron chi connectivity index (χ4n) is 1.32. The summed E-state index contributed by atoms with van der Waals surface area (Å²) >= 11 is 3.34. The molecule has 88 valence electrons. The summed E-state index contributed by atoms with van der Waals surface area (Å²) in [5.74, 6) is 1.22. The van der Waals surface area contributed by atoms with Gasteiger partial charge in [-0.15, -0.1) is 23.5 Å². The summed E-state index contributed by atoms with van der Waals surface area (Å²) in [6.07, 6.45) is 3.08. The van der Waals surface area contributed by atoms with Crippen LogP contribution in [0.15, 0.2) is 33.1 Å². The molecular formula is C11H16N2OS2. The molecule has 0 heterocycles. The fourth-order valence-corrected chi connectivity index (χ4v) is 2.97. The Morgan fingerprint density at radius 1 is 1.44 bits per heavy atom. The number of thioether (sulfide) groups is 2. The highest BCUT2D eigenvalue weighted by Crippen LogP contribution is 2.30. The van der Waals surface area contributed by atoms with Gasteiger partial charge in [-0.1, -0.05) is 18.1 Å². The van der Waals surface area contributed by atoms with Crippen LogP contribution in [0.3, 0.4) is 0 Å². The molecule has 3 nitrogen and oxygen atoms in total. The van der Waals surface area contributed by atoms with E-state index in [1.165, 1.54) is 0 Å². The SMILES string of the molecule is CCCSc1cccc(SC)c1/C(N)=N/O. The molecule has 0 aliphatic carbocycles. The second-order valence-corrected chi connectivity index (χ2v) is 5.15. The number of hydrogen-bond acceptors (Lipinski definition) is 4. The normalized spacial score (nSPS) is 11.8. The van der Waals surface area contributed by atoms with E-state index in [0.29, 0.717) is 0 Å². The summed E-state index contributed by atoms with van der Waals surface area (Å²) in [6.45, 7) is 2.13. The topological polar surface area (TPSA) is 58.6 Å². The zero-order valence-corrected chi connectivity index (χ0v) is 11.1. The van der Waals surface area contributed by atoms with Crippen molar-refractivity contribution >= 4 is 29.4 Å². The van der Waals surface area contributed by atoms with E-state index in [1.807, 2.05) is 24.5 Å². The van der Waals surface area contributed by atoms with Gasteiger partial charge in [0.05, 0.1) is 0 Å². The Morgan fingerprint density at radius 3 is 2.69 bits per heavy atom. The van der Waals surface area contributed by atoms with Gasteiger partial charge in [0, 0.05) is 15.4 Å². The molecule has 0 aliphatic rings. The predicted molar refractivity (Wildman–Crippen MR) is 71.7 cm³/mol. The highest BCUT2D eigenvalue weighted by molar-refractivity contribution is 8.00. The predicted octanol–water partition coefficient (Wildman–Crippen LogP) is 3.01. The molecule has 0 unspecified atom stereocenters. The number of hydrogen-bond donors (Lipinski definition) is 2. The van der Waals surface area contributed by atoms with Crippen molar-refractivity contribution in [3.8, 4) is 0 Å². The smallest absolute Gasteiger partial charge is 0.172 e. The van der Waals surface area contributed by atoms with E-state index in [1.54, 1.807) is 23.5 Å². The van der Waals surface area contributed by atoms with Gasteiger partial charge >= 0.3 is 0 Å². The number of nitrogens with two attached hydrogens (primary N) is 1. The van der Waals surface area contributed by atoms with E-state index >= 15 is 0 Å². The molecule has 1 aromatic rings. The van der Waals surface area contributed by atoms with Crippen molar-refractivity contribution < 1.29 is 5.21 Å². The summed E-state index contributed by atoms with van der Waals surface area (Å²) in [5, 5.41) is 11.9. The summed E-state index contributed by atoms with van der Waals surface area (Å²) in [5.41, 5.74) is 6.56. The number of oxime groups is 1. The van der Waals surface area contributed by atoms with Gasteiger partial charge in [-0.2, -0.15) is 0 Å². The Labute approximate surface area is 104 Å². The lowest BCUT2D eigenvalue weighted by molar-refractivity contribution is 0.318. The first kappa shape index (κ1) is 13.3. The molecule has 1 rings (SSSR count). The third-order valence-electron chi connectivity index (χ3n) is 2.03. The number of benzene rings is 1. The van der Waals surface area contributed by atoms with Crippen LogP contribution in [-0.2, 0) is 0 Å². The lowest BCUT2D eigenvalue weighted by Crippen LogP contribution is -2.15. The Morgan fingerprint density at radius 2 is 2.12 bits per heavy atom. The maximum Gasteiger partial charge on any atom is 0.172 e. The summed E-state index contributed by atoms with van der Waals surface area (Å²) in [4.78, 5) is 2.11. The number of nitrogens with zero attached hydrogens (tertiary/aromatic N) is 1. The monoisotopic (exact) mass is 256 g/mol. The van der Waals surface area contributed by atoms with Crippen LogP contribution in [0.5, 0.6) is 0 Å². The van der Waals surface area contributed by atoms with Gasteiger partial charge in [-0.25, -0.2) is 0 Å². The third kappa shape index (κ3) is 3.09. The van der Waals surface area contributed by atoms with Crippen molar-refractivity contribution in [1.82, 2.24) is 0 Å². The van der Waals surface area contributed by atoms with Crippen LogP contribution in [0.2, 0.25) is 0 Å². The zero-order valence-electron chi connectivity index (χ0n) is 9.43. The molecule has 0 atom stereocenters. The first-order valence-electron chi connectivity index (χ1n) is 5.02. The van der Waals surface area contributed by atoms with Gasteiger partial charge in [0.1, 0.15) is 0 Å². The summed E-state index contributed by atoms with van der Waals surface area (Å²) in [7, 11) is 0. The van der Waals surface area contributed by atoms with Crippen molar-refractivity contribution in [2.75, 3.05) is 12.0 Å². The third-order valence-corrected chi connectivity index (χ3v) is 4.08. The standard InChI is InChI=1S/C11H16N2OS2/c1-3-7-16-9-6-4-5-8(15-2)10(9)11(12)13-14/h4-6,14H,3,7H2,1-2H3,(H2,12,13). The average molecular weight is 256 g/mol. The molecule has 0 saturated heterocycles. The van der Waals surface area contributed by atoms with Gasteiger partial charge in [0.25, 0.3) is 0 Å². The second-order valence-electron chi connectivity index (χ2n) is 3.17. The summed E-state index contributed by atoms with van der Waals surface area (Å²) in [6, 6.07) is 5.99. The van der Waals surface area contributed by atoms with Crippen molar-refractivity contribution in [2.45, 2.75) is 23.1 Å². The van der Waals surface area contributed by atoms with Crippen LogP contribution in [0.25, 0.3) is 0 Å². The molecule has 0 saturated carbocycles. The fraction of sp³-hybridized carbons (Fsp3) is 0.364. The quantitative estimate of drug-likeness (QED) is 0.279. The van der Waals surface area contributed by atoms with Gasteiger partial charge in [0.2, 0.25) is 0 Å². The Hall–Kier alpha value is -0.810. The second kappa shape index (κ2) is 6.70. The van der Waals surface area contributed by atoms with Crippen LogP contribution < -0.4 is 5.73 Å². The van der Waals surface area contributed by atoms with E-state index in [0.717, 1.165) is 27.5 Å². The first-order valence-corrected chi connectivity index (χ1v) is 7.23. The van der Waals surface area contributed by atoms with Crippen LogP contribution in [0.1, 0.15) is 18.9 Å². The van der Waals surface area contributed by atoms with Crippen LogP contribution in [0, 0.1) is 0 Å². The van der Waals surface area contributed by atoms with Gasteiger partial charge < -0.3 is 10.9 Å². The molecule has 0 radical (unpaired) electrons. The van der Waals surface area contributed by atoms with Crippen molar-refractivity contribution in [2.24, 2.45) is 10.9 Å².